The number of esters is 1. The molecule has 1 N–H and O–H groups in total. The van der Waals surface area contributed by atoms with E-state index in [-0.39, 0.29) is 18.0 Å². The first kappa shape index (κ1) is 11.9. The molecule has 1 aromatic rings. The van der Waals surface area contributed by atoms with Crippen LogP contribution in [-0.4, -0.2) is 33.2 Å². The van der Waals surface area contributed by atoms with Gasteiger partial charge in [-0.25, -0.2) is 4.98 Å². The first-order valence-corrected chi connectivity index (χ1v) is 5.51. The summed E-state index contributed by atoms with van der Waals surface area (Å²) in [7, 11) is 0. The highest BCUT2D eigenvalue weighted by atomic mass is 79.9. The molecule has 0 amide bonds. The fourth-order valence-electron chi connectivity index (χ4n) is 1.08. The lowest BCUT2D eigenvalue weighted by atomic mass is 10.2. The van der Waals surface area contributed by atoms with E-state index < -0.39 is 12.1 Å². The number of aromatic amines is 1. The molecule has 1 aromatic heterocycles. The van der Waals surface area contributed by atoms with Crippen molar-refractivity contribution in [1.29, 1.82) is 0 Å². The summed E-state index contributed by atoms with van der Waals surface area (Å²) in [6, 6.07) is 0. The van der Waals surface area contributed by atoms with Crippen LogP contribution >= 0.6 is 15.9 Å². The van der Waals surface area contributed by atoms with Crippen LogP contribution in [0.15, 0.2) is 12.4 Å². The number of halogens is 1. The highest BCUT2D eigenvalue weighted by Crippen LogP contribution is 2.07. The van der Waals surface area contributed by atoms with Gasteiger partial charge in [-0.3, -0.25) is 9.59 Å². The number of Topliss-reactive ketones (excluding diaryl/α,β-unsaturated/α-hetero) is 1. The fourth-order valence-corrected chi connectivity index (χ4v) is 1.44. The van der Waals surface area contributed by atoms with E-state index in [1.54, 1.807) is 6.20 Å². The molecule has 0 radical (unpaired) electrons. The molecule has 0 aliphatic heterocycles. The number of imidazole rings is 1. The number of hydrogen-bond acceptors (Lipinski definition) is 4. The van der Waals surface area contributed by atoms with E-state index >= 15 is 0 Å². The lowest BCUT2D eigenvalue weighted by molar-refractivity contribution is -0.144. The maximum absolute atomic E-state index is 11.6. The topological polar surface area (TPSA) is 72.1 Å². The standard InChI is InChI=1S/C9H11BrN2O3/c1-6(13)15-7(5-10)4-8(14)9-11-2-3-12-9/h2-3,7H,4-5H2,1H3,(H,11,12)/t7-/m0/s1. The van der Waals surface area contributed by atoms with E-state index in [2.05, 4.69) is 25.9 Å². The van der Waals surface area contributed by atoms with E-state index in [9.17, 15) is 9.59 Å². The van der Waals surface area contributed by atoms with Crippen LogP contribution in [0.1, 0.15) is 24.0 Å². The maximum Gasteiger partial charge on any atom is 0.302 e. The number of alkyl halides is 1. The largest absolute Gasteiger partial charge is 0.461 e. The van der Waals surface area contributed by atoms with Gasteiger partial charge in [-0.05, 0) is 0 Å². The molecule has 0 spiro atoms. The molecule has 0 unspecified atom stereocenters. The summed E-state index contributed by atoms with van der Waals surface area (Å²) in [5.74, 6) is -0.287. The predicted molar refractivity (Wildman–Crippen MR) is 56.9 cm³/mol. The second-order valence-electron chi connectivity index (χ2n) is 2.95. The number of hydrogen-bond donors (Lipinski definition) is 1. The Morgan fingerprint density at radius 1 is 1.67 bits per heavy atom. The number of nitrogens with one attached hydrogen (secondary N) is 1. The molecular weight excluding hydrogens is 264 g/mol. The van der Waals surface area contributed by atoms with Crippen LogP contribution in [0.2, 0.25) is 0 Å². The Morgan fingerprint density at radius 3 is 2.87 bits per heavy atom. The Bertz CT molecular complexity index is 337. The van der Waals surface area contributed by atoms with Crippen molar-refractivity contribution in [2.45, 2.75) is 19.4 Å². The van der Waals surface area contributed by atoms with Crippen LogP contribution in [0.3, 0.4) is 0 Å². The van der Waals surface area contributed by atoms with Gasteiger partial charge in [0.2, 0.25) is 5.78 Å². The van der Waals surface area contributed by atoms with Crippen molar-refractivity contribution < 1.29 is 14.3 Å². The molecule has 6 heteroatoms. The number of rotatable bonds is 5. The molecule has 0 saturated carbocycles. The van der Waals surface area contributed by atoms with Crippen LogP contribution in [0, 0.1) is 0 Å². The molecular formula is C9H11BrN2O3. The maximum atomic E-state index is 11.6. The minimum absolute atomic E-state index is 0.123. The van der Waals surface area contributed by atoms with Crippen molar-refractivity contribution in [2.24, 2.45) is 0 Å². The van der Waals surface area contributed by atoms with Gasteiger partial charge in [0, 0.05) is 24.6 Å². The lowest BCUT2D eigenvalue weighted by Crippen LogP contribution is -2.22. The van der Waals surface area contributed by atoms with Crippen LogP contribution < -0.4 is 0 Å². The Balaban J connectivity index is 2.52. The summed E-state index contributed by atoms with van der Waals surface area (Å²) in [6.07, 6.45) is 2.75. The van der Waals surface area contributed by atoms with E-state index in [1.165, 1.54) is 13.1 Å². The number of H-pyrrole nitrogens is 1. The summed E-state index contributed by atoms with van der Waals surface area (Å²) in [5.41, 5.74) is 0. The van der Waals surface area contributed by atoms with Gasteiger partial charge >= 0.3 is 5.97 Å². The molecule has 0 aliphatic carbocycles. The molecule has 1 atom stereocenters. The fraction of sp³-hybridized carbons (Fsp3) is 0.444. The molecule has 0 aliphatic rings. The van der Waals surface area contributed by atoms with Crippen molar-refractivity contribution in [3.05, 3.63) is 18.2 Å². The van der Waals surface area contributed by atoms with Crippen molar-refractivity contribution >= 4 is 27.7 Å². The second-order valence-corrected chi connectivity index (χ2v) is 3.60. The van der Waals surface area contributed by atoms with Crippen molar-refractivity contribution in [2.75, 3.05) is 5.33 Å². The Labute approximate surface area is 95.4 Å². The molecule has 82 valence electrons. The molecule has 1 rings (SSSR count). The van der Waals surface area contributed by atoms with Crippen molar-refractivity contribution in [3.63, 3.8) is 0 Å². The van der Waals surface area contributed by atoms with Crippen molar-refractivity contribution in [3.8, 4) is 0 Å². The summed E-state index contributed by atoms with van der Waals surface area (Å²) >= 11 is 3.18. The van der Waals surface area contributed by atoms with Crippen LogP contribution in [-0.2, 0) is 9.53 Å². The summed E-state index contributed by atoms with van der Waals surface area (Å²) in [6.45, 7) is 1.31. The van der Waals surface area contributed by atoms with E-state index in [0.29, 0.717) is 5.33 Å². The van der Waals surface area contributed by atoms with Crippen LogP contribution in [0.25, 0.3) is 0 Å². The minimum Gasteiger partial charge on any atom is -0.461 e. The van der Waals surface area contributed by atoms with Gasteiger partial charge in [-0.2, -0.15) is 0 Å². The van der Waals surface area contributed by atoms with Gasteiger partial charge < -0.3 is 9.72 Å². The molecule has 1 heterocycles. The summed E-state index contributed by atoms with van der Waals surface area (Å²) in [4.78, 5) is 28.8. The Morgan fingerprint density at radius 2 is 2.40 bits per heavy atom. The third-order valence-electron chi connectivity index (χ3n) is 1.68. The summed E-state index contributed by atoms with van der Waals surface area (Å²) < 4.78 is 4.92. The molecule has 0 fully saturated rings. The first-order chi connectivity index (χ1) is 7.13. The second kappa shape index (κ2) is 5.65. The zero-order valence-electron chi connectivity index (χ0n) is 8.20. The number of nitrogens with zero attached hydrogens (tertiary/aromatic N) is 1. The number of aromatic nitrogens is 2. The monoisotopic (exact) mass is 274 g/mol. The molecule has 0 aromatic carbocycles. The predicted octanol–water partition coefficient (Wildman–Crippen LogP) is 1.31. The molecule has 0 bridgehead atoms. The SMILES string of the molecule is CC(=O)O[C@H](CBr)CC(=O)c1ncc[nH]1. The number of ketones is 1. The van der Waals surface area contributed by atoms with Gasteiger partial charge in [0.05, 0.1) is 6.42 Å². The quantitative estimate of drug-likeness (QED) is 0.499. The minimum atomic E-state index is -0.444. The molecule has 0 saturated heterocycles. The third kappa shape index (κ3) is 3.83. The van der Waals surface area contributed by atoms with E-state index in [0.717, 1.165) is 0 Å². The smallest absolute Gasteiger partial charge is 0.302 e. The van der Waals surface area contributed by atoms with Gasteiger partial charge in [0.25, 0.3) is 0 Å². The van der Waals surface area contributed by atoms with Gasteiger partial charge in [-0.15, -0.1) is 0 Å². The lowest BCUT2D eigenvalue weighted by Gasteiger charge is -2.12. The highest BCUT2D eigenvalue weighted by molar-refractivity contribution is 9.09. The number of carbonyl (C=O) groups is 2. The molecule has 15 heavy (non-hydrogen) atoms. The van der Waals surface area contributed by atoms with Gasteiger partial charge in [0.1, 0.15) is 6.10 Å². The van der Waals surface area contributed by atoms with Crippen LogP contribution in [0.4, 0.5) is 0 Å². The average Bonchev–Trinajstić information content (AvgIpc) is 2.68. The van der Waals surface area contributed by atoms with E-state index in [1.807, 2.05) is 0 Å². The zero-order chi connectivity index (χ0) is 11.3. The Kier molecular flexibility index (Phi) is 4.48. The number of carbonyl (C=O) groups excluding carboxylic acids is 2. The van der Waals surface area contributed by atoms with Gasteiger partial charge in [-0.1, -0.05) is 15.9 Å². The number of ether oxygens (including phenoxy) is 1. The normalized spacial score (nSPS) is 12.1. The van der Waals surface area contributed by atoms with Crippen LogP contribution in [0.5, 0.6) is 0 Å². The van der Waals surface area contributed by atoms with E-state index in [4.69, 9.17) is 4.74 Å². The highest BCUT2D eigenvalue weighted by Gasteiger charge is 2.18. The zero-order valence-corrected chi connectivity index (χ0v) is 9.78. The summed E-state index contributed by atoms with van der Waals surface area (Å²) in [5, 5.41) is 0.430. The van der Waals surface area contributed by atoms with Gasteiger partial charge in [0.15, 0.2) is 5.82 Å². The average molecular weight is 275 g/mol. The van der Waals surface area contributed by atoms with Crippen molar-refractivity contribution in [1.82, 2.24) is 9.97 Å². The Hall–Kier alpha value is -1.17. The first-order valence-electron chi connectivity index (χ1n) is 4.39. The molecule has 5 nitrogen and oxygen atoms in total. The third-order valence-corrected chi connectivity index (χ3v) is 2.40.